The van der Waals surface area contributed by atoms with Crippen molar-refractivity contribution in [3.63, 3.8) is 0 Å². The number of anilines is 1. The summed E-state index contributed by atoms with van der Waals surface area (Å²) in [7, 11) is 0. The van der Waals surface area contributed by atoms with Crippen LogP contribution in [0.1, 0.15) is 64.0 Å². The summed E-state index contributed by atoms with van der Waals surface area (Å²) in [5.74, 6) is 0.0923. The first-order valence-electron chi connectivity index (χ1n) is 15.9. The molecule has 2 aromatic rings. The lowest BCUT2D eigenvalue weighted by atomic mass is 9.73. The second-order valence-electron chi connectivity index (χ2n) is 13.5. The molecule has 4 aliphatic heterocycles. The highest BCUT2D eigenvalue weighted by molar-refractivity contribution is 6.02. The average molecular weight is 600 g/mol. The standard InChI is InChI=1S/C35H41N3O6/c1-19(2)23-9-11-24(12-10-23)36-32(39)29-27-14-15-35(44-27)30(29)34(41)38(17-22-8-13-26-28(16-22)43-18-42-26)31(35)33(40)37-25-7-5-6-20(3)21(25)4/h8-16,19-21,25,27,29-31H,5-7,17-18H2,1-4H3,(H,36,39)(H,37,40)/t20-,21+,25-,27-,29+,30-,31-,35-/m1/s1. The van der Waals surface area contributed by atoms with Crippen LogP contribution in [-0.2, 0) is 25.7 Å². The van der Waals surface area contributed by atoms with Gasteiger partial charge in [-0.3, -0.25) is 14.4 Å². The van der Waals surface area contributed by atoms with E-state index in [1.807, 2.05) is 54.6 Å². The van der Waals surface area contributed by atoms with Crippen LogP contribution in [0, 0.1) is 23.7 Å². The minimum Gasteiger partial charge on any atom is -0.454 e. The number of benzene rings is 2. The lowest BCUT2D eigenvalue weighted by Gasteiger charge is -2.38. The van der Waals surface area contributed by atoms with E-state index in [0.717, 1.165) is 24.8 Å². The lowest BCUT2D eigenvalue weighted by molar-refractivity contribution is -0.142. The van der Waals surface area contributed by atoms with Gasteiger partial charge in [0.2, 0.25) is 24.5 Å². The summed E-state index contributed by atoms with van der Waals surface area (Å²) in [6.45, 7) is 8.98. The second-order valence-corrected chi connectivity index (χ2v) is 13.5. The third kappa shape index (κ3) is 4.67. The number of hydrogen-bond acceptors (Lipinski definition) is 6. The molecule has 1 saturated carbocycles. The van der Waals surface area contributed by atoms with Crippen molar-refractivity contribution in [3.8, 4) is 11.5 Å². The van der Waals surface area contributed by atoms with E-state index in [9.17, 15) is 14.4 Å². The fourth-order valence-corrected chi connectivity index (χ4v) is 7.90. The molecule has 9 heteroatoms. The highest BCUT2D eigenvalue weighted by atomic mass is 16.7. The van der Waals surface area contributed by atoms with Crippen molar-refractivity contribution >= 4 is 23.4 Å². The van der Waals surface area contributed by atoms with E-state index in [1.165, 1.54) is 5.56 Å². The summed E-state index contributed by atoms with van der Waals surface area (Å²) < 4.78 is 17.6. The number of amides is 3. The van der Waals surface area contributed by atoms with Crippen molar-refractivity contribution in [1.82, 2.24) is 10.2 Å². The molecule has 1 spiro atoms. The molecule has 3 amide bonds. The Balaban J connectivity index is 1.20. The van der Waals surface area contributed by atoms with Crippen LogP contribution in [0.5, 0.6) is 11.5 Å². The smallest absolute Gasteiger partial charge is 0.246 e. The normalized spacial score (nSPS) is 33.2. The van der Waals surface area contributed by atoms with Gasteiger partial charge in [0.1, 0.15) is 11.6 Å². The Hall–Kier alpha value is -3.85. The minimum absolute atomic E-state index is 0.0136. The predicted octanol–water partition coefficient (Wildman–Crippen LogP) is 4.77. The van der Waals surface area contributed by atoms with Crippen LogP contribution in [0.4, 0.5) is 5.69 Å². The first kappa shape index (κ1) is 28.9. The second kappa shape index (κ2) is 10.9. The maximum absolute atomic E-state index is 14.4. The highest BCUT2D eigenvalue weighted by Gasteiger charge is 2.72. The number of likely N-dealkylation sites (tertiary alicyclic amines) is 1. The van der Waals surface area contributed by atoms with E-state index in [0.29, 0.717) is 34.9 Å². The molecule has 4 heterocycles. The van der Waals surface area contributed by atoms with Crippen LogP contribution < -0.4 is 20.1 Å². The number of nitrogens with zero attached hydrogens (tertiary/aromatic N) is 1. The van der Waals surface area contributed by atoms with Crippen LogP contribution in [0.15, 0.2) is 54.6 Å². The summed E-state index contributed by atoms with van der Waals surface area (Å²) in [4.78, 5) is 44.2. The number of carbonyl (C=O) groups excluding carboxylic acids is 3. The van der Waals surface area contributed by atoms with Crippen molar-refractivity contribution in [2.24, 2.45) is 23.7 Å². The van der Waals surface area contributed by atoms with Gasteiger partial charge < -0.3 is 29.7 Å². The molecule has 8 atom stereocenters. The summed E-state index contributed by atoms with van der Waals surface area (Å²) in [6.07, 6.45) is 6.21. The summed E-state index contributed by atoms with van der Waals surface area (Å²) >= 11 is 0. The number of fused-ring (bicyclic) bond motifs is 2. The van der Waals surface area contributed by atoms with E-state index in [4.69, 9.17) is 14.2 Å². The lowest BCUT2D eigenvalue weighted by Crippen LogP contribution is -2.57. The van der Waals surface area contributed by atoms with Crippen LogP contribution in [0.2, 0.25) is 0 Å². The van der Waals surface area contributed by atoms with Crippen molar-refractivity contribution < 1.29 is 28.6 Å². The van der Waals surface area contributed by atoms with E-state index in [-0.39, 0.29) is 37.1 Å². The molecule has 7 rings (SSSR count). The van der Waals surface area contributed by atoms with Gasteiger partial charge in [-0.2, -0.15) is 0 Å². The van der Waals surface area contributed by atoms with E-state index >= 15 is 0 Å². The Bertz CT molecular complexity index is 1500. The third-order valence-electron chi connectivity index (χ3n) is 10.6. The average Bonchev–Trinajstić information content (AvgIpc) is 3.76. The minimum atomic E-state index is -1.23. The summed E-state index contributed by atoms with van der Waals surface area (Å²) in [5.41, 5.74) is 1.42. The van der Waals surface area contributed by atoms with E-state index in [2.05, 4.69) is 38.3 Å². The highest BCUT2D eigenvalue weighted by Crippen LogP contribution is 2.55. The quantitative estimate of drug-likeness (QED) is 0.445. The maximum Gasteiger partial charge on any atom is 0.246 e. The fraction of sp³-hybridized carbons (Fsp3) is 0.514. The molecule has 9 nitrogen and oxygen atoms in total. The first-order chi connectivity index (χ1) is 21.2. The Morgan fingerprint density at radius 2 is 1.80 bits per heavy atom. The van der Waals surface area contributed by atoms with Crippen LogP contribution in [0.3, 0.4) is 0 Å². The molecule has 1 aliphatic carbocycles. The van der Waals surface area contributed by atoms with E-state index < -0.39 is 29.6 Å². The number of hydrogen-bond donors (Lipinski definition) is 2. The van der Waals surface area contributed by atoms with E-state index in [1.54, 1.807) is 4.90 Å². The summed E-state index contributed by atoms with van der Waals surface area (Å²) in [6, 6.07) is 12.4. The molecule has 2 aromatic carbocycles. The first-order valence-corrected chi connectivity index (χ1v) is 15.9. The number of rotatable bonds is 7. The number of ether oxygens (including phenoxy) is 3. The summed E-state index contributed by atoms with van der Waals surface area (Å²) in [5, 5.41) is 6.34. The molecule has 44 heavy (non-hydrogen) atoms. The van der Waals surface area contributed by atoms with Crippen molar-refractivity contribution in [3.05, 3.63) is 65.7 Å². The maximum atomic E-state index is 14.4. The Kier molecular flexibility index (Phi) is 7.19. The van der Waals surface area contributed by atoms with Crippen molar-refractivity contribution in [2.75, 3.05) is 12.1 Å². The van der Waals surface area contributed by atoms with Gasteiger partial charge in [-0.1, -0.05) is 70.9 Å². The van der Waals surface area contributed by atoms with Gasteiger partial charge in [0, 0.05) is 18.3 Å². The monoisotopic (exact) mass is 599 g/mol. The molecule has 5 aliphatic rings. The fourth-order valence-electron chi connectivity index (χ4n) is 7.90. The third-order valence-corrected chi connectivity index (χ3v) is 10.6. The number of carbonyl (C=O) groups is 3. The van der Waals surface area contributed by atoms with Gasteiger partial charge in [0.05, 0.1) is 17.9 Å². The zero-order chi connectivity index (χ0) is 30.7. The Labute approximate surface area is 258 Å². The topological polar surface area (TPSA) is 106 Å². The molecular formula is C35H41N3O6. The zero-order valence-corrected chi connectivity index (χ0v) is 25.7. The van der Waals surface area contributed by atoms with Gasteiger partial charge in [0.15, 0.2) is 11.5 Å². The molecule has 0 radical (unpaired) electrons. The Morgan fingerprint density at radius 1 is 1.02 bits per heavy atom. The van der Waals surface area contributed by atoms with Crippen molar-refractivity contribution in [1.29, 1.82) is 0 Å². The van der Waals surface area contributed by atoms with Gasteiger partial charge in [-0.05, 0) is 59.6 Å². The Morgan fingerprint density at radius 3 is 2.57 bits per heavy atom. The molecule has 232 valence electrons. The molecule has 2 bridgehead atoms. The van der Waals surface area contributed by atoms with Gasteiger partial charge in [-0.15, -0.1) is 0 Å². The van der Waals surface area contributed by atoms with Crippen LogP contribution >= 0.6 is 0 Å². The zero-order valence-electron chi connectivity index (χ0n) is 25.7. The van der Waals surface area contributed by atoms with Crippen LogP contribution in [0.25, 0.3) is 0 Å². The SMILES string of the molecule is CC(C)c1ccc(NC(=O)[C@H]2[C@H]3C=C[C@@]4(O3)[C@H]2C(=O)N(Cc2ccc3c(c2)OCO3)[C@@H]4C(=O)N[C@@H]2CCC[C@@H](C)[C@@H]2C)cc1. The van der Waals surface area contributed by atoms with Crippen LogP contribution in [-0.4, -0.2) is 53.2 Å². The molecule has 2 N–H and O–H groups in total. The molecule has 3 fully saturated rings. The largest absolute Gasteiger partial charge is 0.454 e. The van der Waals surface area contributed by atoms with Crippen molar-refractivity contribution in [2.45, 2.75) is 83.2 Å². The van der Waals surface area contributed by atoms with Gasteiger partial charge in [-0.25, -0.2) is 0 Å². The predicted molar refractivity (Wildman–Crippen MR) is 164 cm³/mol. The molecule has 0 aromatic heterocycles. The molecule has 0 unspecified atom stereocenters. The number of nitrogens with one attached hydrogen (secondary N) is 2. The van der Waals surface area contributed by atoms with Gasteiger partial charge in [0.25, 0.3) is 0 Å². The molecule has 2 saturated heterocycles. The van der Waals surface area contributed by atoms with Gasteiger partial charge >= 0.3 is 0 Å². The molecular weight excluding hydrogens is 558 g/mol.